The Bertz CT molecular complexity index is 1900. The smallest absolute Gasteiger partial charge is 0.332 e. The number of hydrogen-bond donors (Lipinski definition) is 1. The van der Waals surface area contributed by atoms with Crippen LogP contribution in [0.1, 0.15) is 51.9 Å². The van der Waals surface area contributed by atoms with Gasteiger partial charge in [0, 0.05) is 43.3 Å². The molecule has 2 aliphatic heterocycles. The van der Waals surface area contributed by atoms with Crippen LogP contribution < -0.4 is 30.8 Å². The number of Topliss-reactive ketones (excluding diaryl/α,β-unsaturated/α-hetero) is 2. The SMILES string of the molecule is COc1cc(OC)c2c(c1Cl)OC1(C(=O)C3=C(CC1C)Nc1c(c(=O)n(C)c(=O)n1C)C3c1ccc(C)c(C)c1)C2=O. The van der Waals surface area contributed by atoms with Gasteiger partial charge in [0.1, 0.15) is 27.9 Å². The fourth-order valence-corrected chi connectivity index (χ4v) is 6.73. The number of methoxy groups -OCH3 is 2. The van der Waals surface area contributed by atoms with E-state index in [-0.39, 0.29) is 45.4 Å². The number of aryl methyl sites for hydroxylation is 2. The number of nitrogens with one attached hydrogen (secondary N) is 1. The predicted octanol–water partition coefficient (Wildman–Crippen LogP) is 3.81. The van der Waals surface area contributed by atoms with Gasteiger partial charge in [-0.2, -0.15) is 0 Å². The summed E-state index contributed by atoms with van der Waals surface area (Å²) in [6.45, 7) is 5.68. The van der Waals surface area contributed by atoms with Crippen molar-refractivity contribution in [2.45, 2.75) is 38.7 Å². The number of fused-ring (bicyclic) bond motifs is 2. The number of hydrogen-bond acceptors (Lipinski definition) is 8. The van der Waals surface area contributed by atoms with Gasteiger partial charge in [-0.3, -0.25) is 23.5 Å². The summed E-state index contributed by atoms with van der Waals surface area (Å²) in [4.78, 5) is 55.9. The van der Waals surface area contributed by atoms with E-state index in [9.17, 15) is 19.2 Å². The van der Waals surface area contributed by atoms with Crippen LogP contribution in [0.2, 0.25) is 5.02 Å². The first-order valence-corrected chi connectivity index (χ1v) is 13.9. The molecule has 0 fully saturated rings. The van der Waals surface area contributed by atoms with Gasteiger partial charge < -0.3 is 19.5 Å². The van der Waals surface area contributed by atoms with E-state index in [4.69, 9.17) is 25.8 Å². The van der Waals surface area contributed by atoms with E-state index in [0.29, 0.717) is 17.1 Å². The third kappa shape index (κ3) is 3.44. The first-order chi connectivity index (χ1) is 19.9. The van der Waals surface area contributed by atoms with Gasteiger partial charge in [-0.1, -0.05) is 36.7 Å². The van der Waals surface area contributed by atoms with Crippen LogP contribution in [0.3, 0.4) is 0 Å². The van der Waals surface area contributed by atoms with Crippen LogP contribution in [0.15, 0.2) is 45.1 Å². The molecule has 0 bridgehead atoms. The second-order valence-corrected chi connectivity index (χ2v) is 11.5. The second kappa shape index (κ2) is 9.35. The number of aromatic nitrogens is 2. The fraction of sp³-hybridized carbons (Fsp3) is 0.355. The minimum absolute atomic E-state index is 0.0207. The molecule has 11 heteroatoms. The van der Waals surface area contributed by atoms with Gasteiger partial charge in [-0.25, -0.2) is 4.79 Å². The highest BCUT2D eigenvalue weighted by Crippen LogP contribution is 2.56. The monoisotopic (exact) mass is 591 g/mol. The van der Waals surface area contributed by atoms with Crippen molar-refractivity contribution in [3.05, 3.63) is 89.2 Å². The summed E-state index contributed by atoms with van der Waals surface area (Å²) in [6, 6.07) is 7.21. The molecule has 0 amide bonds. The molecule has 1 N–H and O–H groups in total. The highest BCUT2D eigenvalue weighted by atomic mass is 35.5. The van der Waals surface area contributed by atoms with Gasteiger partial charge in [0.05, 0.1) is 19.8 Å². The van der Waals surface area contributed by atoms with Crippen LogP contribution in [0.5, 0.6) is 17.2 Å². The maximum Gasteiger partial charge on any atom is 0.332 e. The molecule has 1 aromatic heterocycles. The van der Waals surface area contributed by atoms with E-state index in [1.807, 2.05) is 32.0 Å². The molecule has 1 spiro atoms. The Morgan fingerprint density at radius 2 is 1.67 bits per heavy atom. The number of ketones is 2. The summed E-state index contributed by atoms with van der Waals surface area (Å²) >= 11 is 6.61. The van der Waals surface area contributed by atoms with E-state index in [1.54, 1.807) is 14.0 Å². The Kier molecular flexibility index (Phi) is 6.20. The van der Waals surface area contributed by atoms with Crippen molar-refractivity contribution in [1.29, 1.82) is 0 Å². The summed E-state index contributed by atoms with van der Waals surface area (Å²) < 4.78 is 19.6. The Labute approximate surface area is 246 Å². The van der Waals surface area contributed by atoms with Gasteiger partial charge in [-0.15, -0.1) is 0 Å². The molecule has 3 unspecified atom stereocenters. The van der Waals surface area contributed by atoms with Crippen LogP contribution >= 0.6 is 11.6 Å². The maximum absolute atomic E-state index is 14.9. The number of benzene rings is 2. The Hall–Kier alpha value is -4.31. The molecule has 1 aliphatic carbocycles. The minimum Gasteiger partial charge on any atom is -0.496 e. The summed E-state index contributed by atoms with van der Waals surface area (Å²) in [7, 11) is 5.82. The molecule has 3 heterocycles. The summed E-state index contributed by atoms with van der Waals surface area (Å²) in [6.07, 6.45) is 0.224. The molecule has 0 saturated heterocycles. The molecule has 218 valence electrons. The largest absolute Gasteiger partial charge is 0.496 e. The first-order valence-electron chi connectivity index (χ1n) is 13.5. The molecule has 0 radical (unpaired) electrons. The van der Waals surface area contributed by atoms with Crippen molar-refractivity contribution in [3.8, 4) is 17.2 Å². The lowest BCUT2D eigenvalue weighted by Crippen LogP contribution is -2.58. The number of allylic oxidation sites excluding steroid dienone is 1. The van der Waals surface area contributed by atoms with Gasteiger partial charge in [0.25, 0.3) is 5.56 Å². The topological polar surface area (TPSA) is 118 Å². The lowest BCUT2D eigenvalue weighted by atomic mass is 9.65. The Morgan fingerprint density at radius 1 is 0.976 bits per heavy atom. The summed E-state index contributed by atoms with van der Waals surface area (Å²) in [5, 5.41) is 3.28. The van der Waals surface area contributed by atoms with Crippen LogP contribution in [0.4, 0.5) is 5.82 Å². The molecule has 3 atom stereocenters. The zero-order chi connectivity index (χ0) is 30.4. The van der Waals surface area contributed by atoms with E-state index in [2.05, 4.69) is 5.32 Å². The highest BCUT2D eigenvalue weighted by Gasteiger charge is 2.63. The van der Waals surface area contributed by atoms with Gasteiger partial charge in [0.15, 0.2) is 5.75 Å². The molecule has 6 rings (SSSR count). The molecule has 3 aliphatic rings. The van der Waals surface area contributed by atoms with Crippen LogP contribution in [-0.2, 0) is 18.9 Å². The highest BCUT2D eigenvalue weighted by molar-refractivity contribution is 6.36. The van der Waals surface area contributed by atoms with Crippen LogP contribution in [0, 0.1) is 19.8 Å². The Balaban J connectivity index is 1.63. The van der Waals surface area contributed by atoms with E-state index >= 15 is 0 Å². The zero-order valence-electron chi connectivity index (χ0n) is 24.3. The average molecular weight is 592 g/mol. The predicted molar refractivity (Wildman–Crippen MR) is 156 cm³/mol. The molecule has 2 aromatic carbocycles. The maximum atomic E-state index is 14.9. The van der Waals surface area contributed by atoms with Crippen molar-refractivity contribution in [3.63, 3.8) is 0 Å². The lowest BCUT2D eigenvalue weighted by molar-refractivity contribution is -0.130. The van der Waals surface area contributed by atoms with Crippen molar-refractivity contribution in [1.82, 2.24) is 9.13 Å². The van der Waals surface area contributed by atoms with E-state index < -0.39 is 40.3 Å². The van der Waals surface area contributed by atoms with Crippen molar-refractivity contribution in [2.24, 2.45) is 20.0 Å². The van der Waals surface area contributed by atoms with Crippen molar-refractivity contribution < 1.29 is 23.8 Å². The third-order valence-electron chi connectivity index (χ3n) is 8.94. The van der Waals surface area contributed by atoms with Crippen LogP contribution in [0.25, 0.3) is 0 Å². The summed E-state index contributed by atoms with van der Waals surface area (Å²) in [5.41, 5.74) is 0.771. The summed E-state index contributed by atoms with van der Waals surface area (Å²) in [5.74, 6) is -1.91. The average Bonchev–Trinajstić information content (AvgIpc) is 3.29. The van der Waals surface area contributed by atoms with E-state index in [0.717, 1.165) is 15.7 Å². The molecule has 42 heavy (non-hydrogen) atoms. The Morgan fingerprint density at radius 3 is 2.31 bits per heavy atom. The number of rotatable bonds is 3. The standard InChI is InChI=1S/C31H30ClN3O7/c1-13-8-9-16(10-14(13)2)20-21-17(33-28-23(20)29(38)35(5)30(39)34(28)4)11-15(3)31(26(21)36)27(37)22-18(40-6)12-19(41-7)24(32)25(22)42-31/h8-10,12,15,20,33H,11H2,1-7H3. The van der Waals surface area contributed by atoms with Crippen molar-refractivity contribution >= 4 is 29.0 Å². The number of nitrogens with zero attached hydrogens (tertiary/aromatic N) is 2. The molecular formula is C31H30ClN3O7. The number of carbonyl (C=O) groups is 2. The first kappa shape index (κ1) is 27.8. The second-order valence-electron chi connectivity index (χ2n) is 11.2. The van der Waals surface area contributed by atoms with Crippen LogP contribution in [-0.4, -0.2) is 40.5 Å². The number of halogens is 1. The fourth-order valence-electron chi connectivity index (χ4n) is 6.47. The number of ether oxygens (including phenoxy) is 3. The lowest BCUT2D eigenvalue weighted by Gasteiger charge is -2.42. The normalized spacial score (nSPS) is 22.4. The minimum atomic E-state index is -1.95. The van der Waals surface area contributed by atoms with E-state index in [1.165, 1.54) is 31.9 Å². The number of carbonyl (C=O) groups excluding carboxylic acids is 2. The molecule has 3 aromatic rings. The third-order valence-corrected chi connectivity index (χ3v) is 9.30. The van der Waals surface area contributed by atoms with Gasteiger partial charge >= 0.3 is 5.69 Å². The molecular weight excluding hydrogens is 562 g/mol. The zero-order valence-corrected chi connectivity index (χ0v) is 25.1. The quantitative estimate of drug-likeness (QED) is 0.457. The van der Waals surface area contributed by atoms with Gasteiger partial charge in [-0.05, 0) is 37.0 Å². The molecule has 10 nitrogen and oxygen atoms in total. The van der Waals surface area contributed by atoms with Crippen molar-refractivity contribution in [2.75, 3.05) is 19.5 Å². The molecule has 0 saturated carbocycles. The van der Waals surface area contributed by atoms with Gasteiger partial charge in [0.2, 0.25) is 17.2 Å². The number of anilines is 1.